The molecule has 16 heteroatoms. The molecule has 0 aliphatic carbocycles. The van der Waals surface area contributed by atoms with Crippen LogP contribution in [0.5, 0.6) is 0 Å². The summed E-state index contributed by atoms with van der Waals surface area (Å²) in [6.45, 7) is 6.54. The van der Waals surface area contributed by atoms with Crippen LogP contribution >= 0.6 is 0 Å². The Kier molecular flexibility index (Phi) is 14.7. The Bertz CT molecular complexity index is 978. The van der Waals surface area contributed by atoms with E-state index in [1.807, 2.05) is 0 Å². The second-order valence-electron chi connectivity index (χ2n) is 8.86. The number of carboxylic acid groups (broad SMARTS) is 3. The predicted octanol–water partition coefficient (Wildman–Crippen LogP) is -2.47. The fraction of sp³-hybridized carbons (Fsp3) is 0.565. The largest absolute Gasteiger partial charge is 0.481 e. The number of amides is 4. The van der Waals surface area contributed by atoms with Crippen LogP contribution in [0.25, 0.3) is 0 Å². The molecule has 0 aliphatic heterocycles. The van der Waals surface area contributed by atoms with Crippen LogP contribution in [0.4, 0.5) is 0 Å². The van der Waals surface area contributed by atoms with Gasteiger partial charge in [-0.3, -0.25) is 38.4 Å². The number of carbonyl (C=O) groups excluding carboxylic acids is 5. The molecule has 0 aromatic rings. The van der Waals surface area contributed by atoms with E-state index in [4.69, 9.17) is 20.4 Å². The molecule has 218 valence electrons. The maximum Gasteiger partial charge on any atom is 0.305 e. The van der Waals surface area contributed by atoms with Gasteiger partial charge in [-0.2, -0.15) is 0 Å². The van der Waals surface area contributed by atoms with Gasteiger partial charge >= 0.3 is 17.9 Å². The standard InChI is InChI=1S/C23H34N4O12/c1-10(2)19(23(39)26-14(7-17(32)33)20(36)11(3)9-28)27-21(37)13(5-6-16(30)31)25-22(38)15(8-18(34)35)24-12(4)29/h10,13-15,19,28H,3,5-9H2,1-2,4H3,(H,24,29)(H,25,38)(H,26,39)(H,27,37)(H,30,31)(H,32,33)(H,34,35)/t13-,14-,15-,19-/m0/s1. The number of aliphatic hydroxyl groups is 1. The summed E-state index contributed by atoms with van der Waals surface area (Å²) in [6.07, 6.45) is -2.78. The first-order chi connectivity index (χ1) is 18.0. The van der Waals surface area contributed by atoms with E-state index in [0.717, 1.165) is 6.92 Å². The number of rotatable bonds is 18. The molecule has 8 N–H and O–H groups in total. The van der Waals surface area contributed by atoms with Crippen LogP contribution in [-0.4, -0.2) is 98.5 Å². The fourth-order valence-electron chi connectivity index (χ4n) is 3.20. The van der Waals surface area contributed by atoms with E-state index in [9.17, 15) is 38.4 Å². The van der Waals surface area contributed by atoms with Crippen LogP contribution in [0.1, 0.15) is 46.5 Å². The number of nitrogens with one attached hydrogen (secondary N) is 4. The smallest absolute Gasteiger partial charge is 0.305 e. The number of ketones is 1. The summed E-state index contributed by atoms with van der Waals surface area (Å²) in [5, 5.41) is 45.0. The summed E-state index contributed by atoms with van der Waals surface area (Å²) in [4.78, 5) is 95.6. The highest BCUT2D eigenvalue weighted by atomic mass is 16.4. The van der Waals surface area contributed by atoms with E-state index in [-0.39, 0.29) is 5.57 Å². The highest BCUT2D eigenvalue weighted by Crippen LogP contribution is 2.09. The van der Waals surface area contributed by atoms with Crippen molar-refractivity contribution in [3.05, 3.63) is 12.2 Å². The molecule has 4 atom stereocenters. The third-order valence-corrected chi connectivity index (χ3v) is 5.15. The molecule has 0 spiro atoms. The Hall–Kier alpha value is -4.34. The van der Waals surface area contributed by atoms with E-state index in [1.54, 1.807) is 0 Å². The zero-order valence-electron chi connectivity index (χ0n) is 21.7. The maximum atomic E-state index is 13.0. The summed E-state index contributed by atoms with van der Waals surface area (Å²) in [6, 6.07) is -6.20. The van der Waals surface area contributed by atoms with Crippen LogP contribution in [0.3, 0.4) is 0 Å². The van der Waals surface area contributed by atoms with E-state index in [1.165, 1.54) is 13.8 Å². The van der Waals surface area contributed by atoms with Crippen molar-refractivity contribution in [2.24, 2.45) is 5.92 Å². The first kappa shape index (κ1) is 34.7. The minimum absolute atomic E-state index is 0.363. The minimum Gasteiger partial charge on any atom is -0.481 e. The number of carboxylic acids is 3. The summed E-state index contributed by atoms with van der Waals surface area (Å²) < 4.78 is 0. The highest BCUT2D eigenvalue weighted by molar-refractivity contribution is 6.03. The second kappa shape index (κ2) is 16.5. The first-order valence-corrected chi connectivity index (χ1v) is 11.7. The third kappa shape index (κ3) is 13.1. The molecule has 0 saturated carbocycles. The van der Waals surface area contributed by atoms with Crippen molar-refractivity contribution < 1.29 is 58.8 Å². The SMILES string of the molecule is C=C(CO)C(=O)[C@H](CC(=O)O)NC(=O)[C@@H](NC(=O)[C@H](CCC(=O)O)NC(=O)[C@H](CC(=O)O)NC(C)=O)C(C)C. The molecule has 0 aromatic carbocycles. The van der Waals surface area contributed by atoms with Gasteiger partial charge in [0, 0.05) is 18.9 Å². The molecule has 0 rings (SSSR count). The van der Waals surface area contributed by atoms with Crippen molar-refractivity contribution >= 4 is 47.3 Å². The Morgan fingerprint density at radius 1 is 0.692 bits per heavy atom. The van der Waals surface area contributed by atoms with Crippen LogP contribution < -0.4 is 21.3 Å². The molecule has 0 saturated heterocycles. The van der Waals surface area contributed by atoms with E-state index in [2.05, 4.69) is 27.8 Å². The average molecular weight is 559 g/mol. The molecule has 0 radical (unpaired) electrons. The lowest BCUT2D eigenvalue weighted by atomic mass is 9.99. The quantitative estimate of drug-likeness (QED) is 0.0814. The van der Waals surface area contributed by atoms with Crippen molar-refractivity contribution in [1.82, 2.24) is 21.3 Å². The summed E-state index contributed by atoms with van der Waals surface area (Å²) in [5.74, 6) is -9.71. The number of aliphatic carboxylic acids is 3. The van der Waals surface area contributed by atoms with Crippen molar-refractivity contribution in [2.45, 2.75) is 70.6 Å². The van der Waals surface area contributed by atoms with Gasteiger partial charge in [0.1, 0.15) is 24.2 Å². The Morgan fingerprint density at radius 3 is 1.62 bits per heavy atom. The monoisotopic (exact) mass is 558 g/mol. The molecule has 4 amide bonds. The van der Waals surface area contributed by atoms with Gasteiger partial charge in [0.2, 0.25) is 23.6 Å². The zero-order valence-corrected chi connectivity index (χ0v) is 21.7. The Labute approximate surface area is 223 Å². The molecule has 0 bridgehead atoms. The third-order valence-electron chi connectivity index (χ3n) is 5.15. The molecule has 0 aliphatic rings. The van der Waals surface area contributed by atoms with Gasteiger partial charge in [-0.05, 0) is 12.3 Å². The van der Waals surface area contributed by atoms with Crippen LogP contribution in [0.2, 0.25) is 0 Å². The average Bonchev–Trinajstić information content (AvgIpc) is 2.81. The summed E-state index contributed by atoms with van der Waals surface area (Å²) >= 11 is 0. The number of hydrogen-bond donors (Lipinski definition) is 8. The number of hydrogen-bond acceptors (Lipinski definition) is 9. The molecular formula is C23H34N4O12. The first-order valence-electron chi connectivity index (χ1n) is 11.7. The maximum absolute atomic E-state index is 13.0. The molecule has 0 unspecified atom stereocenters. The molecule has 0 heterocycles. The van der Waals surface area contributed by atoms with Gasteiger partial charge in [0.05, 0.1) is 19.4 Å². The lowest BCUT2D eigenvalue weighted by Gasteiger charge is -2.27. The fourth-order valence-corrected chi connectivity index (χ4v) is 3.20. The molecular weight excluding hydrogens is 524 g/mol. The number of aliphatic hydroxyl groups excluding tert-OH is 1. The van der Waals surface area contributed by atoms with Crippen molar-refractivity contribution in [1.29, 1.82) is 0 Å². The van der Waals surface area contributed by atoms with Gasteiger partial charge in [-0.15, -0.1) is 0 Å². The topological polar surface area (TPSA) is 266 Å². The molecule has 0 fully saturated rings. The van der Waals surface area contributed by atoms with Crippen molar-refractivity contribution in [2.75, 3.05) is 6.61 Å². The lowest BCUT2D eigenvalue weighted by Crippen LogP contribution is -2.59. The van der Waals surface area contributed by atoms with Crippen LogP contribution in [0, 0.1) is 5.92 Å². The summed E-state index contributed by atoms with van der Waals surface area (Å²) in [5.41, 5.74) is -0.363. The van der Waals surface area contributed by atoms with Gasteiger partial charge in [-0.25, -0.2) is 0 Å². The van der Waals surface area contributed by atoms with Crippen molar-refractivity contribution in [3.8, 4) is 0 Å². The Morgan fingerprint density at radius 2 is 1.18 bits per heavy atom. The zero-order chi connectivity index (χ0) is 30.4. The van der Waals surface area contributed by atoms with Gasteiger partial charge in [-0.1, -0.05) is 20.4 Å². The highest BCUT2D eigenvalue weighted by Gasteiger charge is 2.34. The van der Waals surface area contributed by atoms with Gasteiger partial charge in [0.15, 0.2) is 5.78 Å². The molecule has 0 aromatic heterocycles. The second-order valence-corrected chi connectivity index (χ2v) is 8.86. The predicted molar refractivity (Wildman–Crippen MR) is 131 cm³/mol. The van der Waals surface area contributed by atoms with E-state index in [0.29, 0.717) is 0 Å². The normalized spacial score (nSPS) is 13.7. The van der Waals surface area contributed by atoms with E-state index < -0.39 is 110 Å². The van der Waals surface area contributed by atoms with E-state index >= 15 is 0 Å². The Balaban J connectivity index is 5.91. The van der Waals surface area contributed by atoms with Crippen LogP contribution in [-0.2, 0) is 38.4 Å². The van der Waals surface area contributed by atoms with Crippen LogP contribution in [0.15, 0.2) is 12.2 Å². The minimum atomic E-state index is -1.62. The molecule has 16 nitrogen and oxygen atoms in total. The van der Waals surface area contributed by atoms with Crippen molar-refractivity contribution in [3.63, 3.8) is 0 Å². The van der Waals surface area contributed by atoms with Gasteiger partial charge in [0.25, 0.3) is 0 Å². The molecule has 39 heavy (non-hydrogen) atoms. The summed E-state index contributed by atoms with van der Waals surface area (Å²) in [7, 11) is 0. The lowest BCUT2D eigenvalue weighted by molar-refractivity contribution is -0.142. The number of carbonyl (C=O) groups is 8. The van der Waals surface area contributed by atoms with Gasteiger partial charge < -0.3 is 41.7 Å². The number of Topliss-reactive ketones (excluding diaryl/α,β-unsaturated/α-hetero) is 1.